The highest BCUT2D eigenvalue weighted by Crippen LogP contribution is 2.20. The third kappa shape index (κ3) is 13.8. The number of likely N-dealkylation sites (tertiary alicyclic amines) is 1. The van der Waals surface area contributed by atoms with E-state index < -0.39 is 29.7 Å². The number of halogens is 1. The molecule has 3 fully saturated rings. The zero-order valence-corrected chi connectivity index (χ0v) is 26.8. The van der Waals surface area contributed by atoms with Crippen LogP contribution in [0.5, 0.6) is 0 Å². The van der Waals surface area contributed by atoms with Gasteiger partial charge in [-0.1, -0.05) is 60.7 Å². The molecule has 0 bridgehead atoms. The number of ether oxygens (including phenoxy) is 4. The molecular weight excluding hydrogens is 604 g/mol. The number of benzene rings is 2. The molecular formula is C33H43ClN2O9. The second kappa shape index (κ2) is 18.9. The van der Waals surface area contributed by atoms with Gasteiger partial charge in [0.15, 0.2) is 5.78 Å². The van der Waals surface area contributed by atoms with E-state index in [4.69, 9.17) is 18.9 Å². The Kier molecular flexibility index (Phi) is 15.7. The van der Waals surface area contributed by atoms with Gasteiger partial charge in [0.2, 0.25) is 0 Å². The molecule has 2 aromatic carbocycles. The van der Waals surface area contributed by atoms with E-state index in [1.54, 1.807) is 20.8 Å². The van der Waals surface area contributed by atoms with Gasteiger partial charge >= 0.3 is 18.0 Å². The van der Waals surface area contributed by atoms with Gasteiger partial charge in [0.05, 0.1) is 13.1 Å². The molecule has 45 heavy (non-hydrogen) atoms. The van der Waals surface area contributed by atoms with Gasteiger partial charge < -0.3 is 18.9 Å². The van der Waals surface area contributed by atoms with Crippen molar-refractivity contribution < 1.29 is 42.9 Å². The smallest absolute Gasteiger partial charge is 0.411 e. The summed E-state index contributed by atoms with van der Waals surface area (Å²) in [6.07, 6.45) is 2.09. The molecule has 11 nitrogen and oxygen atoms in total. The molecule has 3 saturated heterocycles. The summed E-state index contributed by atoms with van der Waals surface area (Å²) in [5.41, 5.74) is 1.09. The third-order valence-corrected chi connectivity index (χ3v) is 6.58. The minimum atomic E-state index is -0.916. The number of Topliss-reactive ketones (excluding diaryl/α,β-unsaturated/α-hetero) is 2. The monoisotopic (exact) mass is 646 g/mol. The maximum absolute atomic E-state index is 12.2. The minimum Gasteiger partial charge on any atom is -0.460 e. The van der Waals surface area contributed by atoms with Crippen molar-refractivity contribution in [1.29, 1.82) is 0 Å². The Morgan fingerprint density at radius 1 is 0.822 bits per heavy atom. The summed E-state index contributed by atoms with van der Waals surface area (Å²) in [4.78, 5) is 59.6. The largest absolute Gasteiger partial charge is 0.460 e. The number of nitrogens with one attached hydrogen (secondary N) is 1. The van der Waals surface area contributed by atoms with Crippen molar-refractivity contribution in [1.82, 2.24) is 10.2 Å². The minimum absolute atomic E-state index is 0. The van der Waals surface area contributed by atoms with Crippen LogP contribution in [0.4, 0.5) is 4.79 Å². The van der Waals surface area contributed by atoms with Crippen molar-refractivity contribution in [2.24, 2.45) is 0 Å². The molecule has 3 aliphatic heterocycles. The van der Waals surface area contributed by atoms with Crippen LogP contribution >= 0.6 is 12.4 Å². The normalized spacial score (nSPS) is 18.9. The van der Waals surface area contributed by atoms with Crippen LogP contribution in [0.15, 0.2) is 60.7 Å². The van der Waals surface area contributed by atoms with E-state index in [2.05, 4.69) is 5.32 Å². The van der Waals surface area contributed by atoms with Crippen molar-refractivity contribution in [3.8, 4) is 0 Å². The molecule has 5 rings (SSSR count). The summed E-state index contributed by atoms with van der Waals surface area (Å²) in [6, 6.07) is 17.3. The van der Waals surface area contributed by atoms with Crippen molar-refractivity contribution in [2.75, 3.05) is 26.3 Å². The molecule has 12 heteroatoms. The van der Waals surface area contributed by atoms with E-state index in [9.17, 15) is 24.0 Å². The molecule has 1 N–H and O–H groups in total. The quantitative estimate of drug-likeness (QED) is 0.359. The van der Waals surface area contributed by atoms with E-state index in [1.165, 1.54) is 12.8 Å². The summed E-state index contributed by atoms with van der Waals surface area (Å²) in [6.45, 7) is 7.69. The first-order valence-electron chi connectivity index (χ1n) is 14.8. The molecule has 246 valence electrons. The van der Waals surface area contributed by atoms with Gasteiger partial charge in [-0.25, -0.2) is 9.59 Å². The topological polar surface area (TPSA) is 138 Å². The zero-order chi connectivity index (χ0) is 32.0. The molecule has 2 atom stereocenters. The number of hydrogen-bond acceptors (Lipinski definition) is 10. The maximum Gasteiger partial charge on any atom is 0.411 e. The second-order valence-electron chi connectivity index (χ2n) is 11.5. The maximum atomic E-state index is 12.2. The Balaban J connectivity index is 0.000000276. The summed E-state index contributed by atoms with van der Waals surface area (Å²) in [7, 11) is 0. The van der Waals surface area contributed by atoms with Crippen molar-refractivity contribution in [2.45, 2.75) is 77.4 Å². The van der Waals surface area contributed by atoms with E-state index in [-0.39, 0.29) is 69.1 Å². The average molecular weight is 647 g/mol. The van der Waals surface area contributed by atoms with Crippen LogP contribution in [0.25, 0.3) is 0 Å². The predicted molar refractivity (Wildman–Crippen MR) is 168 cm³/mol. The molecule has 1 amide bonds. The third-order valence-electron chi connectivity index (χ3n) is 6.58. The van der Waals surface area contributed by atoms with E-state index >= 15 is 0 Å². The highest BCUT2D eigenvalue weighted by molar-refractivity contribution is 5.96. The number of carbonyl (C=O) groups is 5. The Morgan fingerprint density at radius 3 is 1.80 bits per heavy atom. The van der Waals surface area contributed by atoms with Gasteiger partial charge in [0, 0.05) is 26.1 Å². The SMILES string of the molecule is C1CCOC1.CC(C)(C)OC(=O)N1CC(=O)C[C@H]1C(=O)OCc1ccccc1.Cl.O=C1CN[C@H](C(=O)OCc2ccccc2)C1. The molecule has 0 aliphatic carbocycles. The molecule has 0 spiro atoms. The fraction of sp³-hybridized carbons (Fsp3) is 0.485. The highest BCUT2D eigenvalue weighted by atomic mass is 35.5. The second-order valence-corrected chi connectivity index (χ2v) is 11.5. The molecule has 0 unspecified atom stereocenters. The number of rotatable bonds is 6. The Hall–Kier alpha value is -3.80. The fourth-order valence-electron chi connectivity index (χ4n) is 4.35. The molecule has 0 radical (unpaired) electrons. The van der Waals surface area contributed by atoms with Gasteiger partial charge in [-0.15, -0.1) is 12.4 Å². The van der Waals surface area contributed by atoms with Crippen LogP contribution in [0.3, 0.4) is 0 Å². The number of hydrogen-bond donors (Lipinski definition) is 1. The predicted octanol–water partition coefficient (Wildman–Crippen LogP) is 4.19. The van der Waals surface area contributed by atoms with Gasteiger partial charge in [0.25, 0.3) is 0 Å². The summed E-state index contributed by atoms with van der Waals surface area (Å²) < 4.78 is 20.5. The lowest BCUT2D eigenvalue weighted by molar-refractivity contribution is -0.150. The van der Waals surface area contributed by atoms with Gasteiger partial charge in [-0.2, -0.15) is 0 Å². The lowest BCUT2D eigenvalue weighted by Crippen LogP contribution is -2.44. The van der Waals surface area contributed by atoms with Crippen molar-refractivity contribution in [3.05, 3.63) is 71.8 Å². The van der Waals surface area contributed by atoms with Gasteiger partial charge in [-0.05, 0) is 44.7 Å². The van der Waals surface area contributed by atoms with Gasteiger partial charge in [0.1, 0.15) is 36.7 Å². The van der Waals surface area contributed by atoms with Crippen molar-refractivity contribution in [3.63, 3.8) is 0 Å². The number of carbonyl (C=O) groups excluding carboxylic acids is 5. The lowest BCUT2D eigenvalue weighted by atomic mass is 10.2. The number of nitrogens with zero attached hydrogens (tertiary/aromatic N) is 1. The van der Waals surface area contributed by atoms with Crippen LogP contribution in [0, 0.1) is 0 Å². The van der Waals surface area contributed by atoms with Crippen LogP contribution in [-0.2, 0) is 51.3 Å². The molecule has 0 aromatic heterocycles. The first-order valence-corrected chi connectivity index (χ1v) is 14.8. The summed E-state index contributed by atoms with van der Waals surface area (Å²) in [5, 5.41) is 2.82. The van der Waals surface area contributed by atoms with Crippen molar-refractivity contribution >= 4 is 42.0 Å². The lowest BCUT2D eigenvalue weighted by Gasteiger charge is -2.27. The Labute approximate surface area is 270 Å². The number of amides is 1. The standard InChI is InChI=1S/C17H21NO5.C12H13NO3.C4H8O.ClH/c1-17(2,3)23-16(21)18-10-13(19)9-14(18)15(20)22-11-12-7-5-4-6-8-12;14-10-6-11(13-7-10)12(15)16-8-9-4-2-1-3-5-9;1-2-4-5-3-1;/h4-8,14H,9-11H2,1-3H3;1-5,11,13H,6-8H2;1-4H2;1H/t14-;11-;;/m00../s1. The Morgan fingerprint density at radius 2 is 1.36 bits per heavy atom. The summed E-state index contributed by atoms with van der Waals surface area (Å²) in [5.74, 6) is -1.07. The zero-order valence-electron chi connectivity index (χ0n) is 26.0. The van der Waals surface area contributed by atoms with E-state index in [1.807, 2.05) is 60.7 Å². The summed E-state index contributed by atoms with van der Waals surface area (Å²) >= 11 is 0. The molecule has 2 aromatic rings. The van der Waals surface area contributed by atoms with Crippen LogP contribution in [0.2, 0.25) is 0 Å². The average Bonchev–Trinajstić information content (AvgIpc) is 3.79. The van der Waals surface area contributed by atoms with Crippen LogP contribution < -0.4 is 5.32 Å². The first kappa shape index (κ1) is 37.4. The fourth-order valence-corrected chi connectivity index (χ4v) is 4.35. The van der Waals surface area contributed by atoms with E-state index in [0.717, 1.165) is 29.2 Å². The van der Waals surface area contributed by atoms with Gasteiger partial charge in [-0.3, -0.25) is 24.6 Å². The van der Waals surface area contributed by atoms with E-state index in [0.29, 0.717) is 0 Å². The molecule has 0 saturated carbocycles. The molecule has 3 aliphatic rings. The molecule has 3 heterocycles. The first-order chi connectivity index (χ1) is 21.0. The number of esters is 2. The Bertz CT molecular complexity index is 1240. The van der Waals surface area contributed by atoms with Crippen LogP contribution in [-0.4, -0.2) is 78.5 Å². The highest BCUT2D eigenvalue weighted by Gasteiger charge is 2.41. The van der Waals surface area contributed by atoms with Crippen LogP contribution in [0.1, 0.15) is 57.6 Å². The number of ketones is 2.